The van der Waals surface area contributed by atoms with Crippen LogP contribution in [-0.2, 0) is 10.0 Å². The number of carbonyl (C=O) groups is 1. The smallest absolute Gasteiger partial charge is 0.263 e. The van der Waals surface area contributed by atoms with Crippen molar-refractivity contribution in [2.75, 3.05) is 17.5 Å². The van der Waals surface area contributed by atoms with Gasteiger partial charge in [-0.25, -0.2) is 13.4 Å². The van der Waals surface area contributed by atoms with E-state index in [1.165, 1.54) is 0 Å². The first-order chi connectivity index (χ1) is 8.33. The van der Waals surface area contributed by atoms with E-state index in [-0.39, 0.29) is 11.0 Å². The molecule has 1 rings (SSSR count). The van der Waals surface area contributed by atoms with Crippen molar-refractivity contribution >= 4 is 32.4 Å². The number of sulfonamides is 1. The van der Waals surface area contributed by atoms with Gasteiger partial charge in [0, 0.05) is 6.54 Å². The van der Waals surface area contributed by atoms with E-state index in [4.69, 9.17) is 0 Å². The standard InChI is InChI=1S/C10H17N3O3S2/c1-4-5-6-11-9(14)8-7(2)12-10(17-8)13-18(3,15)16/h4-6H2,1-3H3,(H,11,14)(H,12,13). The van der Waals surface area contributed by atoms with Crippen LogP contribution < -0.4 is 10.0 Å². The van der Waals surface area contributed by atoms with Crippen LogP contribution in [0.2, 0.25) is 0 Å². The quantitative estimate of drug-likeness (QED) is 0.774. The molecule has 0 aliphatic carbocycles. The maximum atomic E-state index is 11.8. The topological polar surface area (TPSA) is 88.2 Å². The average molecular weight is 291 g/mol. The van der Waals surface area contributed by atoms with Crippen molar-refractivity contribution in [2.24, 2.45) is 0 Å². The van der Waals surface area contributed by atoms with E-state index in [1.54, 1.807) is 6.92 Å². The fourth-order valence-electron chi connectivity index (χ4n) is 1.27. The molecule has 0 aliphatic heterocycles. The van der Waals surface area contributed by atoms with Crippen molar-refractivity contribution in [1.29, 1.82) is 0 Å². The van der Waals surface area contributed by atoms with Gasteiger partial charge >= 0.3 is 0 Å². The maximum Gasteiger partial charge on any atom is 0.263 e. The van der Waals surface area contributed by atoms with Crippen LogP contribution in [0.4, 0.5) is 5.13 Å². The van der Waals surface area contributed by atoms with Gasteiger partial charge in [0.1, 0.15) is 4.88 Å². The lowest BCUT2D eigenvalue weighted by Gasteiger charge is -2.01. The first kappa shape index (κ1) is 14.9. The van der Waals surface area contributed by atoms with Crippen molar-refractivity contribution < 1.29 is 13.2 Å². The molecule has 1 heterocycles. The third-order valence-electron chi connectivity index (χ3n) is 2.09. The Kier molecular flexibility index (Phi) is 5.09. The number of aryl methyl sites for hydroxylation is 1. The molecule has 8 heteroatoms. The molecule has 0 bridgehead atoms. The Bertz CT molecular complexity index is 522. The molecular weight excluding hydrogens is 274 g/mol. The highest BCUT2D eigenvalue weighted by atomic mass is 32.2. The number of carbonyl (C=O) groups excluding carboxylic acids is 1. The van der Waals surface area contributed by atoms with Gasteiger partial charge in [-0.2, -0.15) is 0 Å². The Hall–Kier alpha value is -1.15. The normalized spacial score (nSPS) is 11.3. The second-order valence-electron chi connectivity index (χ2n) is 3.92. The molecule has 2 N–H and O–H groups in total. The summed E-state index contributed by atoms with van der Waals surface area (Å²) in [6.45, 7) is 4.33. The fraction of sp³-hybridized carbons (Fsp3) is 0.600. The van der Waals surface area contributed by atoms with Crippen LogP contribution in [0.1, 0.15) is 35.1 Å². The first-order valence-electron chi connectivity index (χ1n) is 5.57. The van der Waals surface area contributed by atoms with Crippen molar-refractivity contribution in [3.8, 4) is 0 Å². The van der Waals surface area contributed by atoms with Gasteiger partial charge in [0.25, 0.3) is 5.91 Å². The highest BCUT2D eigenvalue weighted by Gasteiger charge is 2.16. The SMILES string of the molecule is CCCCNC(=O)c1sc(NS(C)(=O)=O)nc1C. The Balaban J connectivity index is 2.75. The number of anilines is 1. The number of hydrogen-bond acceptors (Lipinski definition) is 5. The van der Waals surface area contributed by atoms with Crippen molar-refractivity contribution in [3.05, 3.63) is 10.6 Å². The molecule has 0 aliphatic rings. The van der Waals surface area contributed by atoms with Crippen LogP contribution in [0.5, 0.6) is 0 Å². The number of thiazole rings is 1. The van der Waals surface area contributed by atoms with Crippen molar-refractivity contribution in [3.63, 3.8) is 0 Å². The molecule has 0 radical (unpaired) electrons. The van der Waals surface area contributed by atoms with Crippen molar-refractivity contribution in [2.45, 2.75) is 26.7 Å². The summed E-state index contributed by atoms with van der Waals surface area (Å²) >= 11 is 1.04. The molecule has 1 aromatic heterocycles. The molecule has 18 heavy (non-hydrogen) atoms. The minimum atomic E-state index is -3.36. The van der Waals surface area contributed by atoms with E-state index < -0.39 is 10.0 Å². The molecule has 0 saturated heterocycles. The lowest BCUT2D eigenvalue weighted by molar-refractivity contribution is 0.0956. The third kappa shape index (κ3) is 4.61. The molecule has 0 aromatic carbocycles. The van der Waals surface area contributed by atoms with Gasteiger partial charge in [-0.1, -0.05) is 24.7 Å². The van der Waals surface area contributed by atoms with E-state index in [2.05, 4.69) is 15.0 Å². The number of amides is 1. The monoisotopic (exact) mass is 291 g/mol. The van der Waals surface area contributed by atoms with Gasteiger partial charge in [-0.15, -0.1) is 0 Å². The third-order valence-corrected chi connectivity index (χ3v) is 3.86. The average Bonchev–Trinajstić information content (AvgIpc) is 2.57. The predicted octanol–water partition coefficient (Wildman–Crippen LogP) is 1.35. The number of unbranched alkanes of at least 4 members (excludes halogenated alkanes) is 1. The lowest BCUT2D eigenvalue weighted by atomic mass is 10.3. The Morgan fingerprint density at radius 3 is 2.67 bits per heavy atom. The second-order valence-corrected chi connectivity index (χ2v) is 6.66. The zero-order valence-electron chi connectivity index (χ0n) is 10.6. The van der Waals surface area contributed by atoms with Gasteiger partial charge in [0.2, 0.25) is 10.0 Å². The highest BCUT2D eigenvalue weighted by molar-refractivity contribution is 7.92. The van der Waals surface area contributed by atoms with Crippen LogP contribution >= 0.6 is 11.3 Å². The Morgan fingerprint density at radius 2 is 2.11 bits per heavy atom. The number of aromatic nitrogens is 1. The zero-order valence-corrected chi connectivity index (χ0v) is 12.2. The van der Waals surface area contributed by atoms with Crippen LogP contribution in [0, 0.1) is 6.92 Å². The number of hydrogen-bond donors (Lipinski definition) is 2. The summed E-state index contributed by atoms with van der Waals surface area (Å²) in [6.07, 6.45) is 2.96. The summed E-state index contributed by atoms with van der Waals surface area (Å²) in [6, 6.07) is 0. The van der Waals surface area contributed by atoms with E-state index in [0.29, 0.717) is 17.1 Å². The minimum absolute atomic E-state index is 0.208. The molecule has 0 unspecified atom stereocenters. The van der Waals surface area contributed by atoms with Crippen LogP contribution in [0.25, 0.3) is 0 Å². The minimum Gasteiger partial charge on any atom is -0.351 e. The number of nitrogens with zero attached hydrogens (tertiary/aromatic N) is 1. The zero-order chi connectivity index (χ0) is 13.8. The molecular formula is C10H17N3O3S2. The first-order valence-corrected chi connectivity index (χ1v) is 8.27. The molecule has 0 spiro atoms. The fourth-order valence-corrected chi connectivity index (χ4v) is 2.99. The highest BCUT2D eigenvalue weighted by Crippen LogP contribution is 2.23. The lowest BCUT2D eigenvalue weighted by Crippen LogP contribution is -2.24. The van der Waals surface area contributed by atoms with Gasteiger partial charge in [0.15, 0.2) is 5.13 Å². The second kappa shape index (κ2) is 6.14. The largest absolute Gasteiger partial charge is 0.351 e. The van der Waals surface area contributed by atoms with Gasteiger partial charge < -0.3 is 5.32 Å². The number of nitrogens with one attached hydrogen (secondary N) is 2. The van der Waals surface area contributed by atoms with Crippen LogP contribution in [0.15, 0.2) is 0 Å². The summed E-state index contributed by atoms with van der Waals surface area (Å²) in [4.78, 5) is 16.3. The molecule has 1 amide bonds. The van der Waals surface area contributed by atoms with Gasteiger partial charge in [-0.05, 0) is 13.3 Å². The van der Waals surface area contributed by atoms with E-state index in [1.807, 2.05) is 6.92 Å². The van der Waals surface area contributed by atoms with Crippen LogP contribution in [-0.4, -0.2) is 32.1 Å². The molecule has 0 fully saturated rings. The predicted molar refractivity (Wildman–Crippen MR) is 72.6 cm³/mol. The maximum absolute atomic E-state index is 11.8. The summed E-state index contributed by atoms with van der Waals surface area (Å²) in [7, 11) is -3.36. The van der Waals surface area contributed by atoms with Crippen molar-refractivity contribution in [1.82, 2.24) is 10.3 Å². The summed E-state index contributed by atoms with van der Waals surface area (Å²) < 4.78 is 24.4. The van der Waals surface area contributed by atoms with Gasteiger partial charge in [-0.3, -0.25) is 9.52 Å². The molecule has 1 aromatic rings. The van der Waals surface area contributed by atoms with E-state index in [0.717, 1.165) is 30.4 Å². The molecule has 0 saturated carbocycles. The van der Waals surface area contributed by atoms with E-state index in [9.17, 15) is 13.2 Å². The van der Waals surface area contributed by atoms with E-state index >= 15 is 0 Å². The Labute approximate surface area is 111 Å². The summed E-state index contributed by atoms with van der Waals surface area (Å²) in [5.41, 5.74) is 0.528. The molecule has 102 valence electrons. The molecule has 6 nitrogen and oxygen atoms in total. The number of rotatable bonds is 6. The molecule has 0 atom stereocenters. The summed E-state index contributed by atoms with van der Waals surface area (Å²) in [5.74, 6) is -0.208. The Morgan fingerprint density at radius 1 is 1.44 bits per heavy atom. The van der Waals surface area contributed by atoms with Crippen LogP contribution in [0.3, 0.4) is 0 Å². The van der Waals surface area contributed by atoms with Gasteiger partial charge in [0.05, 0.1) is 11.9 Å². The summed E-state index contributed by atoms with van der Waals surface area (Å²) in [5, 5.41) is 2.99.